The molecule has 0 aliphatic heterocycles. The Morgan fingerprint density at radius 2 is 1.17 bits per heavy atom. The maximum Gasteiger partial charge on any atom is 0.106 e. The molecule has 0 aromatic carbocycles. The number of nitrogens with zero attached hydrogens (tertiary/aromatic N) is 2. The first kappa shape index (κ1) is 19.9. The zero-order chi connectivity index (χ0) is 16.7. The van der Waals surface area contributed by atoms with Crippen molar-refractivity contribution < 1.29 is 9.47 Å². The second-order valence-electron chi connectivity index (χ2n) is 4.37. The average molecular weight is 401 g/mol. The Morgan fingerprint density at radius 1 is 0.667 bits per heavy atom. The van der Waals surface area contributed by atoms with Crippen LogP contribution in [-0.2, 0) is 9.47 Å². The van der Waals surface area contributed by atoms with Gasteiger partial charge in [-0.1, -0.05) is 33.7 Å². The van der Waals surface area contributed by atoms with Gasteiger partial charge in [-0.05, 0) is 45.9 Å². The zero-order valence-electron chi connectivity index (χ0n) is 13.2. The molecule has 0 atom stereocenters. The smallest absolute Gasteiger partial charge is 0.106 e. The monoisotopic (exact) mass is 400 g/mol. The summed E-state index contributed by atoms with van der Waals surface area (Å²) >= 11 is 0. The Kier molecular flexibility index (Phi) is 11.5. The third-order valence-corrected chi connectivity index (χ3v) is 7.02. The van der Waals surface area contributed by atoms with E-state index in [2.05, 4.69) is 9.97 Å². The van der Waals surface area contributed by atoms with Crippen LogP contribution in [0.25, 0.3) is 0 Å². The van der Waals surface area contributed by atoms with E-state index in [9.17, 15) is 0 Å². The summed E-state index contributed by atoms with van der Waals surface area (Å²) in [6.45, 7) is 2.76. The largest absolute Gasteiger partial charge is 0.378 e. The highest BCUT2D eigenvalue weighted by Crippen LogP contribution is 2.29. The third-order valence-electron chi connectivity index (χ3n) is 2.56. The van der Waals surface area contributed by atoms with Crippen molar-refractivity contribution in [1.29, 1.82) is 0 Å². The van der Waals surface area contributed by atoms with Gasteiger partial charge in [0, 0.05) is 23.9 Å². The number of aromatic nitrogens is 2. The molecule has 0 aliphatic rings. The van der Waals surface area contributed by atoms with Crippen molar-refractivity contribution in [2.75, 3.05) is 37.9 Å². The van der Waals surface area contributed by atoms with Gasteiger partial charge in [0.25, 0.3) is 0 Å². The highest BCUT2D eigenvalue weighted by Gasteiger charge is 1.97. The molecule has 0 saturated carbocycles. The molecule has 4 nitrogen and oxygen atoms in total. The first-order chi connectivity index (χ1) is 11.9. The number of pyridine rings is 2. The maximum atomic E-state index is 5.55. The van der Waals surface area contributed by atoms with Crippen LogP contribution in [0.2, 0.25) is 0 Å². The fraction of sp³-hybridized carbons (Fsp3) is 0.375. The predicted octanol–water partition coefficient (Wildman–Crippen LogP) is 4.69. The average Bonchev–Trinajstić information content (AvgIpc) is 2.64. The van der Waals surface area contributed by atoms with E-state index >= 15 is 0 Å². The highest BCUT2D eigenvalue weighted by molar-refractivity contribution is 8.77. The molecular formula is C16H20N2O2S4. The van der Waals surface area contributed by atoms with Crippen LogP contribution in [0.1, 0.15) is 0 Å². The topological polar surface area (TPSA) is 44.2 Å². The van der Waals surface area contributed by atoms with Gasteiger partial charge in [-0.25, -0.2) is 9.97 Å². The van der Waals surface area contributed by atoms with Gasteiger partial charge in [0.15, 0.2) is 0 Å². The van der Waals surface area contributed by atoms with Crippen molar-refractivity contribution in [1.82, 2.24) is 9.97 Å². The van der Waals surface area contributed by atoms with Crippen molar-refractivity contribution in [3.05, 3.63) is 48.8 Å². The minimum atomic E-state index is 0.646. The molecule has 0 bridgehead atoms. The summed E-state index contributed by atoms with van der Waals surface area (Å²) in [6, 6.07) is 11.9. The first-order valence-electron chi connectivity index (χ1n) is 7.51. The summed E-state index contributed by atoms with van der Waals surface area (Å²) in [6.07, 6.45) is 3.62. The molecule has 2 aromatic rings. The van der Waals surface area contributed by atoms with Gasteiger partial charge >= 0.3 is 0 Å². The van der Waals surface area contributed by atoms with Gasteiger partial charge in [0.2, 0.25) is 0 Å². The second-order valence-corrected chi connectivity index (χ2v) is 9.24. The standard InChI is InChI=1S/C16H20N2O2S4/c1-3-7-17-15(5-1)23-21-13-11-19-9-10-20-12-14-22-24-16-6-2-4-8-18-16/h1-8H,9-14H2. The van der Waals surface area contributed by atoms with Gasteiger partial charge in [0.1, 0.15) is 10.1 Å². The molecule has 2 rings (SSSR count). The molecule has 0 radical (unpaired) electrons. The van der Waals surface area contributed by atoms with Crippen LogP contribution in [0, 0.1) is 0 Å². The molecule has 0 spiro atoms. The first-order valence-corrected chi connectivity index (χ1v) is 12.2. The molecule has 8 heteroatoms. The predicted molar refractivity (Wildman–Crippen MR) is 107 cm³/mol. The lowest BCUT2D eigenvalue weighted by atomic mass is 10.5. The Labute approximate surface area is 159 Å². The van der Waals surface area contributed by atoms with E-state index in [4.69, 9.17) is 9.47 Å². The molecule has 130 valence electrons. The minimum Gasteiger partial charge on any atom is -0.378 e. The highest BCUT2D eigenvalue weighted by atomic mass is 33.1. The summed E-state index contributed by atoms with van der Waals surface area (Å²) in [7, 11) is 6.87. The maximum absolute atomic E-state index is 5.55. The van der Waals surface area contributed by atoms with Crippen LogP contribution in [0.5, 0.6) is 0 Å². The van der Waals surface area contributed by atoms with Crippen molar-refractivity contribution in [2.24, 2.45) is 0 Å². The molecule has 0 unspecified atom stereocenters. The van der Waals surface area contributed by atoms with Crippen molar-refractivity contribution >= 4 is 43.2 Å². The fourth-order valence-corrected chi connectivity index (χ4v) is 4.98. The van der Waals surface area contributed by atoms with E-state index in [0.717, 1.165) is 34.8 Å². The molecular weight excluding hydrogens is 380 g/mol. The van der Waals surface area contributed by atoms with Crippen LogP contribution < -0.4 is 0 Å². The minimum absolute atomic E-state index is 0.646. The van der Waals surface area contributed by atoms with Gasteiger partial charge in [-0.2, -0.15) is 0 Å². The number of hydrogen-bond acceptors (Lipinski definition) is 8. The quantitative estimate of drug-likeness (QED) is 0.354. The molecule has 0 aliphatic carbocycles. The van der Waals surface area contributed by atoms with Gasteiger partial charge in [-0.15, -0.1) is 0 Å². The number of ether oxygens (including phenoxy) is 2. The summed E-state index contributed by atoms with van der Waals surface area (Å²) in [5.41, 5.74) is 0. The van der Waals surface area contributed by atoms with Crippen LogP contribution in [-0.4, -0.2) is 47.9 Å². The van der Waals surface area contributed by atoms with Gasteiger partial charge in [0.05, 0.1) is 26.4 Å². The zero-order valence-corrected chi connectivity index (χ0v) is 16.5. The summed E-state index contributed by atoms with van der Waals surface area (Å²) in [5.74, 6) is 1.88. The molecule has 2 heterocycles. The summed E-state index contributed by atoms with van der Waals surface area (Å²) in [5, 5.41) is 2.07. The molecule has 0 N–H and O–H groups in total. The van der Waals surface area contributed by atoms with Crippen molar-refractivity contribution in [3.63, 3.8) is 0 Å². The Bertz CT molecular complexity index is 485. The fourth-order valence-electron chi connectivity index (χ4n) is 1.50. The van der Waals surface area contributed by atoms with Crippen molar-refractivity contribution in [3.8, 4) is 0 Å². The van der Waals surface area contributed by atoms with E-state index in [1.165, 1.54) is 0 Å². The van der Waals surface area contributed by atoms with Crippen LogP contribution in [0.3, 0.4) is 0 Å². The third kappa shape index (κ3) is 9.80. The normalized spacial score (nSPS) is 10.8. The van der Waals surface area contributed by atoms with Crippen molar-refractivity contribution in [2.45, 2.75) is 10.1 Å². The van der Waals surface area contributed by atoms with Crippen LogP contribution in [0.15, 0.2) is 58.8 Å². The van der Waals surface area contributed by atoms with Crippen LogP contribution in [0.4, 0.5) is 0 Å². The van der Waals surface area contributed by atoms with Gasteiger partial charge < -0.3 is 9.47 Å². The van der Waals surface area contributed by atoms with E-state index in [0.29, 0.717) is 13.2 Å². The molecule has 2 aromatic heterocycles. The summed E-state index contributed by atoms with van der Waals surface area (Å²) < 4.78 is 11.1. The second kappa shape index (κ2) is 13.9. The summed E-state index contributed by atoms with van der Waals surface area (Å²) in [4.78, 5) is 8.51. The van der Waals surface area contributed by atoms with Gasteiger partial charge in [-0.3, -0.25) is 0 Å². The lowest BCUT2D eigenvalue weighted by Gasteiger charge is -2.05. The molecule has 0 amide bonds. The number of hydrogen-bond donors (Lipinski definition) is 0. The SMILES string of the molecule is c1ccc(SSCCOCCOCCSSc2ccccn2)nc1. The number of rotatable bonds is 13. The van der Waals surface area contributed by atoms with E-state index in [1.54, 1.807) is 43.2 Å². The van der Waals surface area contributed by atoms with E-state index < -0.39 is 0 Å². The Hall–Kier alpha value is -0.380. The molecule has 0 fully saturated rings. The molecule has 24 heavy (non-hydrogen) atoms. The van der Waals surface area contributed by atoms with E-state index in [-0.39, 0.29) is 0 Å². The Morgan fingerprint density at radius 3 is 1.58 bits per heavy atom. The Balaban J connectivity index is 1.32. The lowest BCUT2D eigenvalue weighted by molar-refractivity contribution is 0.0606. The lowest BCUT2D eigenvalue weighted by Crippen LogP contribution is -2.07. The van der Waals surface area contributed by atoms with Crippen LogP contribution >= 0.6 is 43.2 Å². The van der Waals surface area contributed by atoms with E-state index in [1.807, 2.05) is 48.8 Å². The molecule has 0 saturated heterocycles.